The number of thioether (sulfide) groups is 1. The van der Waals surface area contributed by atoms with Crippen LogP contribution in [-0.2, 0) is 14.6 Å². The molecule has 7 heteroatoms. The lowest BCUT2D eigenvalue weighted by Gasteiger charge is -2.04. The SMILES string of the molecule is CC(C)SCC1=NC=C(C(=O)O)S1(=O)=O. The minimum Gasteiger partial charge on any atom is -0.477 e. The van der Waals surface area contributed by atoms with Crippen LogP contribution in [0.15, 0.2) is 16.1 Å². The quantitative estimate of drug-likeness (QED) is 0.799. The van der Waals surface area contributed by atoms with E-state index in [1.165, 1.54) is 11.8 Å². The van der Waals surface area contributed by atoms with Gasteiger partial charge in [-0.3, -0.25) is 0 Å². The molecule has 1 rings (SSSR count). The zero-order valence-electron chi connectivity index (χ0n) is 8.30. The van der Waals surface area contributed by atoms with Crippen molar-refractivity contribution in [1.29, 1.82) is 0 Å². The number of sulfone groups is 1. The lowest BCUT2D eigenvalue weighted by Crippen LogP contribution is -2.20. The smallest absolute Gasteiger partial charge is 0.349 e. The van der Waals surface area contributed by atoms with E-state index >= 15 is 0 Å². The van der Waals surface area contributed by atoms with Crippen molar-refractivity contribution in [2.75, 3.05) is 5.75 Å². The van der Waals surface area contributed by atoms with Crippen LogP contribution in [0.1, 0.15) is 13.8 Å². The van der Waals surface area contributed by atoms with Crippen LogP contribution in [0.5, 0.6) is 0 Å². The molecule has 0 aromatic rings. The molecular formula is C8H11NO4S2. The average Bonchev–Trinajstić information content (AvgIpc) is 2.37. The van der Waals surface area contributed by atoms with Gasteiger partial charge in [0, 0.05) is 5.75 Å². The number of rotatable bonds is 4. The van der Waals surface area contributed by atoms with E-state index in [0.717, 1.165) is 6.20 Å². The van der Waals surface area contributed by atoms with Crippen LogP contribution in [0.2, 0.25) is 0 Å². The fourth-order valence-electron chi connectivity index (χ4n) is 0.919. The topological polar surface area (TPSA) is 83.8 Å². The van der Waals surface area contributed by atoms with Gasteiger partial charge in [-0.25, -0.2) is 18.2 Å². The number of aliphatic imine (C=N–C) groups is 1. The van der Waals surface area contributed by atoms with Gasteiger partial charge in [-0.05, 0) is 5.25 Å². The summed E-state index contributed by atoms with van der Waals surface area (Å²) in [5, 5.41) is 8.82. The molecule has 0 saturated heterocycles. The highest BCUT2D eigenvalue weighted by Crippen LogP contribution is 2.21. The van der Waals surface area contributed by atoms with Gasteiger partial charge >= 0.3 is 5.97 Å². The Bertz CT molecular complexity index is 434. The summed E-state index contributed by atoms with van der Waals surface area (Å²) in [6.07, 6.45) is 0.897. The van der Waals surface area contributed by atoms with Gasteiger partial charge in [-0.2, -0.15) is 11.8 Å². The van der Waals surface area contributed by atoms with Crippen LogP contribution in [0, 0.1) is 0 Å². The van der Waals surface area contributed by atoms with Gasteiger partial charge in [0.15, 0.2) is 4.91 Å². The average molecular weight is 249 g/mol. The van der Waals surface area contributed by atoms with Crippen LogP contribution < -0.4 is 0 Å². The maximum absolute atomic E-state index is 11.6. The van der Waals surface area contributed by atoms with Gasteiger partial charge in [0.1, 0.15) is 5.04 Å². The molecule has 0 unspecified atom stereocenters. The van der Waals surface area contributed by atoms with Crippen LogP contribution in [0.4, 0.5) is 0 Å². The normalized spacial score (nSPS) is 18.9. The minimum absolute atomic E-state index is 0.0707. The van der Waals surface area contributed by atoms with E-state index in [1.54, 1.807) is 0 Å². The summed E-state index contributed by atoms with van der Waals surface area (Å²) in [6, 6.07) is 0. The predicted octanol–water partition coefficient (Wildman–Crippen LogP) is 0.881. The monoisotopic (exact) mass is 249 g/mol. The van der Waals surface area contributed by atoms with Gasteiger partial charge in [0.2, 0.25) is 9.84 Å². The molecule has 1 aliphatic rings. The van der Waals surface area contributed by atoms with Crippen molar-refractivity contribution in [3.05, 3.63) is 11.1 Å². The van der Waals surface area contributed by atoms with Crippen LogP contribution in [0.3, 0.4) is 0 Å². The van der Waals surface area contributed by atoms with Gasteiger partial charge in [-0.1, -0.05) is 13.8 Å². The van der Waals surface area contributed by atoms with E-state index in [1.807, 2.05) is 13.8 Å². The Kier molecular flexibility index (Phi) is 3.56. The first-order valence-electron chi connectivity index (χ1n) is 4.22. The number of carbonyl (C=O) groups is 1. The van der Waals surface area contributed by atoms with Crippen molar-refractivity contribution in [2.24, 2.45) is 4.99 Å². The number of nitrogens with zero attached hydrogens (tertiary/aromatic N) is 1. The van der Waals surface area contributed by atoms with Gasteiger partial charge < -0.3 is 5.11 Å². The zero-order valence-corrected chi connectivity index (χ0v) is 9.93. The van der Waals surface area contributed by atoms with Gasteiger partial charge in [0.25, 0.3) is 0 Å². The third-order valence-corrected chi connectivity index (χ3v) is 4.70. The summed E-state index contributed by atoms with van der Waals surface area (Å²) in [5.74, 6) is -1.24. The van der Waals surface area contributed by atoms with E-state index in [4.69, 9.17) is 5.11 Å². The van der Waals surface area contributed by atoms with Crippen molar-refractivity contribution in [3.8, 4) is 0 Å². The molecule has 0 radical (unpaired) electrons. The molecule has 0 spiro atoms. The van der Waals surface area contributed by atoms with Crippen LogP contribution >= 0.6 is 11.8 Å². The van der Waals surface area contributed by atoms with E-state index in [2.05, 4.69) is 4.99 Å². The summed E-state index contributed by atoms with van der Waals surface area (Å²) in [5.41, 5.74) is 0. The number of hydrogen-bond donors (Lipinski definition) is 1. The van der Waals surface area contributed by atoms with Crippen LogP contribution in [0.25, 0.3) is 0 Å². The summed E-state index contributed by atoms with van der Waals surface area (Å²) < 4.78 is 23.1. The van der Waals surface area contributed by atoms with Crippen LogP contribution in [-0.4, -0.2) is 35.5 Å². The Morgan fingerprint density at radius 2 is 2.20 bits per heavy atom. The zero-order chi connectivity index (χ0) is 11.6. The molecule has 0 fully saturated rings. The molecule has 0 aliphatic carbocycles. The first-order valence-corrected chi connectivity index (χ1v) is 6.75. The minimum atomic E-state index is -3.83. The van der Waals surface area contributed by atoms with E-state index in [9.17, 15) is 13.2 Å². The van der Waals surface area contributed by atoms with Crippen molar-refractivity contribution >= 4 is 32.6 Å². The van der Waals surface area contributed by atoms with Crippen molar-refractivity contribution in [3.63, 3.8) is 0 Å². The van der Waals surface area contributed by atoms with Crippen molar-refractivity contribution in [2.45, 2.75) is 19.1 Å². The van der Waals surface area contributed by atoms with Crippen molar-refractivity contribution < 1.29 is 18.3 Å². The van der Waals surface area contributed by atoms with Gasteiger partial charge in [-0.15, -0.1) is 0 Å². The molecule has 1 heterocycles. The fourth-order valence-corrected chi connectivity index (χ4v) is 3.16. The second-order valence-corrected chi connectivity index (χ2v) is 6.67. The Hall–Kier alpha value is -0.820. The maximum atomic E-state index is 11.6. The second kappa shape index (κ2) is 4.36. The van der Waals surface area contributed by atoms with Gasteiger partial charge in [0.05, 0.1) is 6.20 Å². The third kappa shape index (κ3) is 2.60. The summed E-state index contributed by atoms with van der Waals surface area (Å²) in [7, 11) is -3.83. The predicted molar refractivity (Wildman–Crippen MR) is 59.7 cm³/mol. The number of hydrogen-bond acceptors (Lipinski definition) is 5. The number of aliphatic carboxylic acids is 1. The number of carboxylic acids is 1. The highest BCUT2D eigenvalue weighted by atomic mass is 32.2. The summed E-state index contributed by atoms with van der Waals surface area (Å²) in [6.45, 7) is 3.86. The van der Waals surface area contributed by atoms with Crippen molar-refractivity contribution in [1.82, 2.24) is 0 Å². The molecule has 0 atom stereocenters. The highest BCUT2D eigenvalue weighted by molar-refractivity contribution is 8.13. The molecule has 1 N–H and O–H groups in total. The summed E-state index contributed by atoms with van der Waals surface area (Å²) >= 11 is 1.41. The first-order chi connectivity index (χ1) is 6.85. The third-order valence-electron chi connectivity index (χ3n) is 1.68. The lowest BCUT2D eigenvalue weighted by atomic mass is 10.6. The van der Waals surface area contributed by atoms with E-state index in [0.29, 0.717) is 0 Å². The Morgan fingerprint density at radius 3 is 2.60 bits per heavy atom. The highest BCUT2D eigenvalue weighted by Gasteiger charge is 2.34. The molecule has 0 aromatic carbocycles. The molecule has 5 nitrogen and oxygen atoms in total. The second-order valence-electron chi connectivity index (χ2n) is 3.18. The Labute approximate surface area is 92.2 Å². The summed E-state index contributed by atoms with van der Waals surface area (Å²) in [4.78, 5) is 13.6. The Balaban J connectivity index is 2.80. The molecule has 0 bridgehead atoms. The fraction of sp³-hybridized carbons (Fsp3) is 0.500. The van der Waals surface area contributed by atoms with E-state index in [-0.39, 0.29) is 16.0 Å². The molecular weight excluding hydrogens is 238 g/mol. The molecule has 84 valence electrons. The number of carboxylic acid groups (broad SMARTS) is 1. The molecule has 0 aromatic heterocycles. The lowest BCUT2D eigenvalue weighted by molar-refractivity contribution is -0.131. The molecule has 0 amide bonds. The first kappa shape index (κ1) is 12.3. The maximum Gasteiger partial charge on any atom is 0.349 e. The largest absolute Gasteiger partial charge is 0.477 e. The standard InChI is InChI=1S/C8H11NO4S2/c1-5(2)14-4-7-9-3-6(8(10)11)15(7,12)13/h3,5H,4H2,1-2H3,(H,10,11). The Morgan fingerprint density at radius 1 is 1.60 bits per heavy atom. The molecule has 1 aliphatic heterocycles. The molecule has 0 saturated carbocycles. The van der Waals surface area contributed by atoms with E-state index < -0.39 is 20.7 Å². The molecule has 15 heavy (non-hydrogen) atoms.